The number of benzene rings is 2. The lowest BCUT2D eigenvalue weighted by Crippen LogP contribution is -2.36. The van der Waals surface area contributed by atoms with Crippen molar-refractivity contribution in [1.82, 2.24) is 15.3 Å². The predicted molar refractivity (Wildman–Crippen MR) is 151 cm³/mol. The Hall–Kier alpha value is -3.75. The summed E-state index contributed by atoms with van der Waals surface area (Å²) in [6.45, 7) is 5.44. The van der Waals surface area contributed by atoms with Crippen LogP contribution in [0.1, 0.15) is 39.9 Å². The second-order valence-corrected chi connectivity index (χ2v) is 10.4. The molecule has 1 amide bonds. The highest BCUT2D eigenvalue weighted by atomic mass is 32.1. The van der Waals surface area contributed by atoms with Gasteiger partial charge in [0.2, 0.25) is 0 Å². The average molecular weight is 512 g/mol. The number of thiophene rings is 1. The molecule has 37 heavy (non-hydrogen) atoms. The lowest BCUT2D eigenvalue weighted by Gasteiger charge is -2.28. The van der Waals surface area contributed by atoms with Gasteiger partial charge in [0.15, 0.2) is 5.82 Å². The molecule has 1 aliphatic carbocycles. The van der Waals surface area contributed by atoms with Gasteiger partial charge in [-0.25, -0.2) is 9.97 Å². The number of ether oxygens (including phenoxy) is 1. The van der Waals surface area contributed by atoms with E-state index in [2.05, 4.69) is 74.2 Å². The number of fused-ring (bicyclic) bond motifs is 1. The largest absolute Gasteiger partial charge is 0.378 e. The molecule has 2 aliphatic rings. The van der Waals surface area contributed by atoms with Gasteiger partial charge in [0.25, 0.3) is 5.91 Å². The molecule has 7 nitrogen and oxygen atoms in total. The number of hydrogen-bond donors (Lipinski definition) is 2. The Morgan fingerprint density at radius 1 is 1.05 bits per heavy atom. The third-order valence-electron chi connectivity index (χ3n) is 6.78. The fourth-order valence-electron chi connectivity index (χ4n) is 4.43. The monoisotopic (exact) mass is 511 g/mol. The molecule has 3 heterocycles. The van der Waals surface area contributed by atoms with Gasteiger partial charge in [-0.15, -0.1) is 11.3 Å². The first kappa shape index (κ1) is 23.6. The first-order valence-electron chi connectivity index (χ1n) is 12.7. The number of morpholine rings is 1. The first-order chi connectivity index (χ1) is 18.1. The lowest BCUT2D eigenvalue weighted by molar-refractivity contribution is 0.0951. The summed E-state index contributed by atoms with van der Waals surface area (Å²) in [6.07, 6.45) is 7.88. The molecule has 4 aromatic rings. The third kappa shape index (κ3) is 5.35. The van der Waals surface area contributed by atoms with E-state index in [0.29, 0.717) is 11.6 Å². The van der Waals surface area contributed by atoms with E-state index in [4.69, 9.17) is 4.74 Å². The van der Waals surface area contributed by atoms with Crippen molar-refractivity contribution in [3.63, 3.8) is 0 Å². The van der Waals surface area contributed by atoms with Gasteiger partial charge in [0.1, 0.15) is 6.33 Å². The van der Waals surface area contributed by atoms with E-state index in [9.17, 15) is 4.79 Å². The molecule has 1 saturated carbocycles. The number of aryl methyl sites for hydroxylation is 1. The summed E-state index contributed by atoms with van der Waals surface area (Å²) in [5.74, 6) is 0.795. The number of anilines is 3. The molecule has 2 aromatic carbocycles. The van der Waals surface area contributed by atoms with Gasteiger partial charge >= 0.3 is 0 Å². The maximum absolute atomic E-state index is 12.5. The normalized spacial score (nSPS) is 15.9. The fraction of sp³-hybridized carbons (Fsp3) is 0.276. The molecule has 0 radical (unpaired) electrons. The molecular weight excluding hydrogens is 482 g/mol. The molecule has 2 aromatic heterocycles. The number of nitrogens with one attached hydrogen (secondary N) is 2. The zero-order valence-corrected chi connectivity index (χ0v) is 21.6. The first-order valence-corrected chi connectivity index (χ1v) is 13.5. The Morgan fingerprint density at radius 2 is 1.84 bits per heavy atom. The number of nitrogens with zero attached hydrogens (tertiary/aromatic N) is 3. The molecule has 0 bridgehead atoms. The van der Waals surface area contributed by atoms with Crippen LogP contribution in [-0.2, 0) is 4.74 Å². The highest BCUT2D eigenvalue weighted by Gasteiger charge is 2.23. The Labute approximate surface area is 220 Å². The van der Waals surface area contributed by atoms with Crippen molar-refractivity contribution in [2.75, 3.05) is 36.5 Å². The Bertz CT molecular complexity index is 1450. The minimum atomic E-state index is -0.000400. The summed E-state index contributed by atoms with van der Waals surface area (Å²) in [7, 11) is 0. The number of rotatable bonds is 7. The van der Waals surface area contributed by atoms with Crippen LogP contribution in [0.4, 0.5) is 17.2 Å². The van der Waals surface area contributed by atoms with Gasteiger partial charge in [-0.3, -0.25) is 4.79 Å². The van der Waals surface area contributed by atoms with E-state index in [1.165, 1.54) is 5.69 Å². The van der Waals surface area contributed by atoms with Gasteiger partial charge in [-0.1, -0.05) is 18.2 Å². The molecule has 0 unspecified atom stereocenters. The summed E-state index contributed by atoms with van der Waals surface area (Å²) in [5.41, 5.74) is 6.96. The standard InChI is InChI=1S/C29H29N5O2S/c1-19-2-3-21(29(35)33-24-6-7-24)16-20(19)4-5-22-17-37-27-26(22)30-18-31-28(27)32-23-8-10-25(11-9-23)34-12-14-36-15-13-34/h2-5,8-11,16-18,24H,6-7,12-15H2,1H3,(H,33,35)(H,30,31,32)/b5-4+. The topological polar surface area (TPSA) is 79.4 Å². The molecule has 6 rings (SSSR count). The minimum Gasteiger partial charge on any atom is -0.378 e. The third-order valence-corrected chi connectivity index (χ3v) is 7.78. The number of amides is 1. The smallest absolute Gasteiger partial charge is 0.251 e. The summed E-state index contributed by atoms with van der Waals surface area (Å²) < 4.78 is 6.46. The second-order valence-electron chi connectivity index (χ2n) is 9.51. The summed E-state index contributed by atoms with van der Waals surface area (Å²) in [4.78, 5) is 23.9. The van der Waals surface area contributed by atoms with E-state index >= 15 is 0 Å². The SMILES string of the molecule is Cc1ccc(C(=O)NC2CC2)cc1/C=C/c1csc2c(Nc3ccc(N4CCOCC4)cc3)ncnc12. The molecule has 8 heteroatoms. The van der Waals surface area contributed by atoms with Crippen molar-refractivity contribution in [2.45, 2.75) is 25.8 Å². The van der Waals surface area contributed by atoms with Crippen LogP contribution in [0.2, 0.25) is 0 Å². The van der Waals surface area contributed by atoms with Crippen LogP contribution in [0, 0.1) is 6.92 Å². The van der Waals surface area contributed by atoms with Crippen LogP contribution in [-0.4, -0.2) is 48.2 Å². The van der Waals surface area contributed by atoms with Crippen molar-refractivity contribution in [1.29, 1.82) is 0 Å². The number of carbonyl (C=O) groups excluding carboxylic acids is 1. The summed E-state index contributed by atoms with van der Waals surface area (Å²) in [5, 5.41) is 8.62. The quantitative estimate of drug-likeness (QED) is 0.334. The van der Waals surface area contributed by atoms with E-state index < -0.39 is 0 Å². The molecular formula is C29H29N5O2S. The molecule has 0 spiro atoms. The van der Waals surface area contributed by atoms with Crippen molar-refractivity contribution in [3.8, 4) is 0 Å². The lowest BCUT2D eigenvalue weighted by atomic mass is 10.0. The Balaban J connectivity index is 1.20. The van der Waals surface area contributed by atoms with E-state index in [-0.39, 0.29) is 5.91 Å². The molecule has 0 atom stereocenters. The van der Waals surface area contributed by atoms with E-state index in [1.807, 2.05) is 18.2 Å². The number of aromatic nitrogens is 2. The van der Waals surface area contributed by atoms with Gasteiger partial charge in [0, 0.05) is 47.0 Å². The maximum Gasteiger partial charge on any atom is 0.251 e. The zero-order valence-electron chi connectivity index (χ0n) is 20.7. The van der Waals surface area contributed by atoms with Gasteiger partial charge in [-0.05, 0) is 67.3 Å². The van der Waals surface area contributed by atoms with Crippen LogP contribution < -0.4 is 15.5 Å². The number of hydrogen-bond acceptors (Lipinski definition) is 7. The van der Waals surface area contributed by atoms with Crippen LogP contribution >= 0.6 is 11.3 Å². The molecule has 188 valence electrons. The van der Waals surface area contributed by atoms with Crippen molar-refractivity contribution in [2.24, 2.45) is 0 Å². The van der Waals surface area contributed by atoms with E-state index in [1.54, 1.807) is 17.7 Å². The predicted octanol–water partition coefficient (Wildman–Crippen LogP) is 5.64. The van der Waals surface area contributed by atoms with Gasteiger partial charge < -0.3 is 20.3 Å². The minimum absolute atomic E-state index is 0.000400. The van der Waals surface area contributed by atoms with Crippen LogP contribution in [0.3, 0.4) is 0 Å². The maximum atomic E-state index is 12.5. The van der Waals surface area contributed by atoms with Crippen LogP contribution in [0.25, 0.3) is 22.4 Å². The zero-order chi connectivity index (χ0) is 25.2. The van der Waals surface area contributed by atoms with E-state index in [0.717, 1.165) is 77.6 Å². The molecule has 1 aliphatic heterocycles. The fourth-order valence-corrected chi connectivity index (χ4v) is 5.36. The van der Waals surface area contributed by atoms with Gasteiger partial charge in [-0.2, -0.15) is 0 Å². The highest BCUT2D eigenvalue weighted by molar-refractivity contribution is 7.18. The molecule has 1 saturated heterocycles. The highest BCUT2D eigenvalue weighted by Crippen LogP contribution is 2.32. The van der Waals surface area contributed by atoms with Gasteiger partial charge in [0.05, 0.1) is 23.4 Å². The van der Waals surface area contributed by atoms with Crippen LogP contribution in [0.15, 0.2) is 54.2 Å². The summed E-state index contributed by atoms with van der Waals surface area (Å²) in [6, 6.07) is 14.6. The summed E-state index contributed by atoms with van der Waals surface area (Å²) >= 11 is 1.62. The van der Waals surface area contributed by atoms with Crippen molar-refractivity contribution < 1.29 is 9.53 Å². The van der Waals surface area contributed by atoms with Crippen molar-refractivity contribution in [3.05, 3.63) is 76.4 Å². The second kappa shape index (κ2) is 10.3. The number of carbonyl (C=O) groups is 1. The van der Waals surface area contributed by atoms with Crippen molar-refractivity contribution >= 4 is 56.8 Å². The molecule has 2 fully saturated rings. The average Bonchev–Trinajstić information content (AvgIpc) is 3.65. The molecule has 2 N–H and O–H groups in total. The Morgan fingerprint density at radius 3 is 2.62 bits per heavy atom. The Kier molecular flexibility index (Phi) is 6.59. The van der Waals surface area contributed by atoms with Crippen LogP contribution in [0.5, 0.6) is 0 Å².